The van der Waals surface area contributed by atoms with Gasteiger partial charge in [-0.25, -0.2) is 0 Å². The number of likely N-dealkylation sites (N-methyl/N-ethyl adjacent to an activating group) is 1. The molecule has 3 nitrogen and oxygen atoms in total. The van der Waals surface area contributed by atoms with E-state index >= 15 is 0 Å². The maximum atomic E-state index is 11.5. The highest BCUT2D eigenvalue weighted by atomic mass is 16.2. The predicted octanol–water partition coefficient (Wildman–Crippen LogP) is 1.80. The molecule has 0 aromatic heterocycles. The van der Waals surface area contributed by atoms with Crippen molar-refractivity contribution in [3.8, 4) is 0 Å². The van der Waals surface area contributed by atoms with Crippen LogP contribution in [0.4, 0.5) is 5.69 Å². The number of hydrogen-bond acceptors (Lipinski definition) is 2. The monoisotopic (exact) mass is 206 g/mol. The zero-order valence-electron chi connectivity index (χ0n) is 9.79. The van der Waals surface area contributed by atoms with Crippen molar-refractivity contribution < 1.29 is 4.79 Å². The normalized spacial score (nSPS) is 10.5. The molecule has 0 aliphatic rings. The zero-order chi connectivity index (χ0) is 11.4. The molecule has 0 atom stereocenters. The van der Waals surface area contributed by atoms with E-state index in [1.165, 1.54) is 5.56 Å². The van der Waals surface area contributed by atoms with Crippen LogP contribution in [0.3, 0.4) is 0 Å². The molecule has 0 unspecified atom stereocenters. The van der Waals surface area contributed by atoms with Gasteiger partial charge < -0.3 is 10.2 Å². The molecule has 1 amide bonds. The first-order valence-electron chi connectivity index (χ1n) is 5.01. The quantitative estimate of drug-likeness (QED) is 0.818. The van der Waals surface area contributed by atoms with Crippen molar-refractivity contribution in [2.45, 2.75) is 13.8 Å². The summed E-state index contributed by atoms with van der Waals surface area (Å²) in [6.07, 6.45) is 0. The number of aryl methyl sites for hydroxylation is 2. The summed E-state index contributed by atoms with van der Waals surface area (Å²) in [6.45, 7) is 4.45. The van der Waals surface area contributed by atoms with Gasteiger partial charge in [-0.15, -0.1) is 0 Å². The molecule has 82 valence electrons. The topological polar surface area (TPSA) is 32.3 Å². The van der Waals surface area contributed by atoms with E-state index in [-0.39, 0.29) is 5.91 Å². The Kier molecular flexibility index (Phi) is 3.86. The Labute approximate surface area is 91.1 Å². The summed E-state index contributed by atoms with van der Waals surface area (Å²) in [6, 6.07) is 6.00. The molecule has 15 heavy (non-hydrogen) atoms. The minimum atomic E-state index is 0.0203. The van der Waals surface area contributed by atoms with E-state index in [2.05, 4.69) is 11.4 Å². The second kappa shape index (κ2) is 4.94. The fourth-order valence-corrected chi connectivity index (χ4v) is 1.43. The molecule has 1 rings (SSSR count). The Morgan fingerprint density at radius 2 is 2.00 bits per heavy atom. The number of anilines is 1. The summed E-state index contributed by atoms with van der Waals surface area (Å²) in [5.74, 6) is 0.0203. The molecule has 3 heteroatoms. The molecule has 0 radical (unpaired) electrons. The Bertz CT molecular complexity index is 359. The lowest BCUT2D eigenvalue weighted by atomic mass is 10.1. The van der Waals surface area contributed by atoms with Crippen molar-refractivity contribution in [1.29, 1.82) is 0 Å². The lowest BCUT2D eigenvalue weighted by Crippen LogP contribution is -2.27. The summed E-state index contributed by atoms with van der Waals surface area (Å²) in [7, 11) is 3.75. The standard InChI is InChI=1S/C12H18N2O/c1-9-5-6-11(10(2)7-9)13-12(15)8-14(3)4/h5-7H,8H2,1-4H3,(H,13,15). The molecule has 0 aliphatic carbocycles. The van der Waals surface area contributed by atoms with Crippen LogP contribution < -0.4 is 5.32 Å². The third-order valence-corrected chi connectivity index (χ3v) is 2.12. The highest BCUT2D eigenvalue weighted by Gasteiger charge is 2.05. The van der Waals surface area contributed by atoms with Gasteiger partial charge >= 0.3 is 0 Å². The number of hydrogen-bond donors (Lipinski definition) is 1. The van der Waals surface area contributed by atoms with Gasteiger partial charge in [0, 0.05) is 5.69 Å². The fourth-order valence-electron chi connectivity index (χ4n) is 1.43. The molecule has 1 aromatic rings. The fraction of sp³-hybridized carbons (Fsp3) is 0.417. The van der Waals surface area contributed by atoms with Crippen LogP contribution in [0.15, 0.2) is 18.2 Å². The van der Waals surface area contributed by atoms with E-state index < -0.39 is 0 Å². The molecule has 0 saturated carbocycles. The third kappa shape index (κ3) is 3.72. The summed E-state index contributed by atoms with van der Waals surface area (Å²) in [5, 5.41) is 2.89. The SMILES string of the molecule is Cc1ccc(NC(=O)CN(C)C)c(C)c1. The Morgan fingerprint density at radius 3 is 2.53 bits per heavy atom. The van der Waals surface area contributed by atoms with E-state index in [4.69, 9.17) is 0 Å². The van der Waals surface area contributed by atoms with E-state index in [0.717, 1.165) is 11.3 Å². The van der Waals surface area contributed by atoms with Gasteiger partial charge in [0.1, 0.15) is 0 Å². The molecule has 0 bridgehead atoms. The van der Waals surface area contributed by atoms with Crippen LogP contribution in [0.1, 0.15) is 11.1 Å². The lowest BCUT2D eigenvalue weighted by Gasteiger charge is -2.12. The van der Waals surface area contributed by atoms with Crippen molar-refractivity contribution in [2.75, 3.05) is 26.0 Å². The highest BCUT2D eigenvalue weighted by Crippen LogP contribution is 2.15. The number of nitrogens with zero attached hydrogens (tertiary/aromatic N) is 1. The highest BCUT2D eigenvalue weighted by molar-refractivity contribution is 5.92. The lowest BCUT2D eigenvalue weighted by molar-refractivity contribution is -0.116. The molecule has 0 heterocycles. The number of benzene rings is 1. The van der Waals surface area contributed by atoms with Crippen molar-refractivity contribution >= 4 is 11.6 Å². The Balaban J connectivity index is 2.68. The minimum Gasteiger partial charge on any atom is -0.325 e. The maximum absolute atomic E-state index is 11.5. The van der Waals surface area contributed by atoms with E-state index in [0.29, 0.717) is 6.54 Å². The average Bonchev–Trinajstić information content (AvgIpc) is 2.08. The molecule has 0 fully saturated rings. The first-order chi connectivity index (χ1) is 6.99. The van der Waals surface area contributed by atoms with E-state index in [9.17, 15) is 4.79 Å². The number of carbonyl (C=O) groups is 1. The number of nitrogens with one attached hydrogen (secondary N) is 1. The Morgan fingerprint density at radius 1 is 1.33 bits per heavy atom. The summed E-state index contributed by atoms with van der Waals surface area (Å²) >= 11 is 0. The molecular formula is C12H18N2O. The molecule has 0 spiro atoms. The van der Waals surface area contributed by atoms with Gasteiger partial charge in [-0.2, -0.15) is 0 Å². The second-order valence-electron chi connectivity index (χ2n) is 4.10. The number of amides is 1. The van der Waals surface area contributed by atoms with Crippen molar-refractivity contribution in [3.63, 3.8) is 0 Å². The molecule has 0 saturated heterocycles. The number of rotatable bonds is 3. The smallest absolute Gasteiger partial charge is 0.238 e. The third-order valence-electron chi connectivity index (χ3n) is 2.12. The van der Waals surface area contributed by atoms with E-state index in [1.54, 1.807) is 0 Å². The Hall–Kier alpha value is -1.35. The summed E-state index contributed by atoms with van der Waals surface area (Å²) in [4.78, 5) is 13.4. The van der Waals surface area contributed by atoms with Gasteiger partial charge in [0.2, 0.25) is 5.91 Å². The van der Waals surface area contributed by atoms with Crippen LogP contribution >= 0.6 is 0 Å². The maximum Gasteiger partial charge on any atom is 0.238 e. The first-order valence-corrected chi connectivity index (χ1v) is 5.01. The number of carbonyl (C=O) groups excluding carboxylic acids is 1. The second-order valence-corrected chi connectivity index (χ2v) is 4.10. The molecule has 0 aliphatic heterocycles. The summed E-state index contributed by atoms with van der Waals surface area (Å²) in [5.41, 5.74) is 3.20. The van der Waals surface area contributed by atoms with E-state index in [1.807, 2.05) is 45.0 Å². The summed E-state index contributed by atoms with van der Waals surface area (Å²) < 4.78 is 0. The largest absolute Gasteiger partial charge is 0.325 e. The average molecular weight is 206 g/mol. The van der Waals surface area contributed by atoms with Crippen LogP contribution in [-0.4, -0.2) is 31.4 Å². The van der Waals surface area contributed by atoms with Gasteiger partial charge in [0.15, 0.2) is 0 Å². The van der Waals surface area contributed by atoms with Gasteiger partial charge in [-0.3, -0.25) is 4.79 Å². The van der Waals surface area contributed by atoms with Gasteiger partial charge in [-0.1, -0.05) is 17.7 Å². The van der Waals surface area contributed by atoms with Crippen LogP contribution in [0, 0.1) is 13.8 Å². The first kappa shape index (κ1) is 11.7. The zero-order valence-corrected chi connectivity index (χ0v) is 9.79. The van der Waals surface area contributed by atoms with Crippen molar-refractivity contribution in [2.24, 2.45) is 0 Å². The minimum absolute atomic E-state index is 0.0203. The van der Waals surface area contributed by atoms with Crippen molar-refractivity contribution in [3.05, 3.63) is 29.3 Å². The van der Waals surface area contributed by atoms with Gasteiger partial charge in [0.25, 0.3) is 0 Å². The van der Waals surface area contributed by atoms with Crippen molar-refractivity contribution in [1.82, 2.24) is 4.90 Å². The molecule has 1 N–H and O–H groups in total. The van der Waals surface area contributed by atoms with Crippen LogP contribution in [0.25, 0.3) is 0 Å². The molecular weight excluding hydrogens is 188 g/mol. The van der Waals surface area contributed by atoms with Gasteiger partial charge in [-0.05, 0) is 39.6 Å². The molecule has 1 aromatic carbocycles. The van der Waals surface area contributed by atoms with Gasteiger partial charge in [0.05, 0.1) is 6.54 Å². The van der Waals surface area contributed by atoms with Crippen LogP contribution in [-0.2, 0) is 4.79 Å². The van der Waals surface area contributed by atoms with Crippen LogP contribution in [0.5, 0.6) is 0 Å². The van der Waals surface area contributed by atoms with Crippen LogP contribution in [0.2, 0.25) is 0 Å². The predicted molar refractivity (Wildman–Crippen MR) is 63.1 cm³/mol.